The highest BCUT2D eigenvalue weighted by molar-refractivity contribution is 6.33. The van der Waals surface area contributed by atoms with Crippen LogP contribution in [0.1, 0.15) is 13.3 Å². The molecule has 0 aliphatic heterocycles. The summed E-state index contributed by atoms with van der Waals surface area (Å²) in [5.74, 6) is 6.07. The Balaban J connectivity index is 2.67. The van der Waals surface area contributed by atoms with Crippen molar-refractivity contribution in [1.29, 1.82) is 0 Å². The predicted molar refractivity (Wildman–Crippen MR) is 62.5 cm³/mol. The van der Waals surface area contributed by atoms with Crippen molar-refractivity contribution in [1.82, 2.24) is 4.98 Å². The van der Waals surface area contributed by atoms with E-state index in [-0.39, 0.29) is 10.7 Å². The Bertz CT molecular complexity index is 451. The summed E-state index contributed by atoms with van der Waals surface area (Å²) in [4.78, 5) is 13.8. The van der Waals surface area contributed by atoms with Gasteiger partial charge < -0.3 is 5.32 Å². The summed E-state index contributed by atoms with van der Waals surface area (Å²) in [6.07, 6.45) is 1.84. The van der Waals surface area contributed by atoms with Crippen LogP contribution in [0, 0.1) is 22.0 Å². The van der Waals surface area contributed by atoms with Crippen molar-refractivity contribution in [3.8, 4) is 11.8 Å². The van der Waals surface area contributed by atoms with E-state index in [0.29, 0.717) is 18.8 Å². The maximum atomic E-state index is 10.4. The first-order valence-electron chi connectivity index (χ1n) is 4.58. The van der Waals surface area contributed by atoms with E-state index in [4.69, 9.17) is 11.6 Å². The second-order valence-corrected chi connectivity index (χ2v) is 3.29. The Hall–Kier alpha value is -1.80. The van der Waals surface area contributed by atoms with Gasteiger partial charge in [-0.2, -0.15) is 0 Å². The molecule has 0 aliphatic carbocycles. The molecule has 5 nitrogen and oxygen atoms in total. The second-order valence-electron chi connectivity index (χ2n) is 2.88. The highest BCUT2D eigenvalue weighted by Gasteiger charge is 2.09. The summed E-state index contributed by atoms with van der Waals surface area (Å²) in [5, 5.41) is 13.6. The fourth-order valence-electron chi connectivity index (χ4n) is 1.03. The predicted octanol–water partition coefficient (Wildman–Crippen LogP) is 2.47. The molecule has 0 saturated carbocycles. The molecule has 1 heterocycles. The zero-order valence-corrected chi connectivity index (χ0v) is 9.41. The molecule has 1 aromatic heterocycles. The highest BCUT2D eigenvalue weighted by atomic mass is 35.5. The van der Waals surface area contributed by atoms with Crippen molar-refractivity contribution in [3.05, 3.63) is 27.4 Å². The minimum atomic E-state index is -0.536. The first kappa shape index (κ1) is 12.3. The van der Waals surface area contributed by atoms with E-state index in [1.54, 1.807) is 6.92 Å². The van der Waals surface area contributed by atoms with Crippen LogP contribution >= 0.6 is 11.6 Å². The van der Waals surface area contributed by atoms with E-state index in [1.165, 1.54) is 12.3 Å². The molecule has 6 heteroatoms. The number of anilines is 1. The maximum absolute atomic E-state index is 10.4. The monoisotopic (exact) mass is 239 g/mol. The van der Waals surface area contributed by atoms with Crippen LogP contribution in [0.4, 0.5) is 11.5 Å². The molecule has 0 radical (unpaired) electrons. The normalized spacial score (nSPS) is 9.12. The average Bonchev–Trinajstić information content (AvgIpc) is 2.26. The van der Waals surface area contributed by atoms with E-state index < -0.39 is 4.92 Å². The number of nitrogens with zero attached hydrogens (tertiary/aromatic N) is 2. The minimum absolute atomic E-state index is 0.121. The Morgan fingerprint density at radius 1 is 1.69 bits per heavy atom. The molecule has 1 aromatic rings. The number of rotatable bonds is 4. The van der Waals surface area contributed by atoms with Crippen molar-refractivity contribution in [2.75, 3.05) is 11.9 Å². The highest BCUT2D eigenvalue weighted by Crippen LogP contribution is 2.23. The standard InChI is InChI=1S/C10H10ClN3O2/c1-2-3-4-5-12-10-9(11)6-8(7-13-10)14(15)16/h6-7H,4-5H2,1H3,(H,12,13). The fourth-order valence-corrected chi connectivity index (χ4v) is 1.25. The first-order chi connectivity index (χ1) is 7.65. The number of aromatic nitrogens is 1. The van der Waals surface area contributed by atoms with Crippen molar-refractivity contribution in [2.24, 2.45) is 0 Å². The molecule has 0 saturated heterocycles. The quantitative estimate of drug-likeness (QED) is 0.379. The molecule has 0 aromatic carbocycles. The Morgan fingerprint density at radius 2 is 2.44 bits per heavy atom. The van der Waals surface area contributed by atoms with E-state index in [2.05, 4.69) is 22.1 Å². The van der Waals surface area contributed by atoms with Gasteiger partial charge >= 0.3 is 0 Å². The van der Waals surface area contributed by atoms with Crippen LogP contribution in [0.15, 0.2) is 12.3 Å². The molecular weight excluding hydrogens is 230 g/mol. The number of hydrogen-bond acceptors (Lipinski definition) is 4. The van der Waals surface area contributed by atoms with Crippen LogP contribution < -0.4 is 5.32 Å². The second kappa shape index (κ2) is 5.93. The van der Waals surface area contributed by atoms with Crippen molar-refractivity contribution >= 4 is 23.1 Å². The summed E-state index contributed by atoms with van der Waals surface area (Å²) in [7, 11) is 0. The molecule has 0 fully saturated rings. The van der Waals surface area contributed by atoms with E-state index >= 15 is 0 Å². The van der Waals surface area contributed by atoms with E-state index in [9.17, 15) is 10.1 Å². The molecule has 1 rings (SSSR count). The lowest BCUT2D eigenvalue weighted by atomic mass is 10.4. The lowest BCUT2D eigenvalue weighted by Crippen LogP contribution is -2.03. The third kappa shape index (κ3) is 3.41. The molecule has 16 heavy (non-hydrogen) atoms. The van der Waals surface area contributed by atoms with Crippen LogP contribution in [-0.2, 0) is 0 Å². The first-order valence-corrected chi connectivity index (χ1v) is 4.96. The SMILES string of the molecule is CC#CCCNc1ncc([N+](=O)[O-])cc1Cl. The molecule has 1 N–H and O–H groups in total. The number of nitro groups is 1. The third-order valence-electron chi connectivity index (χ3n) is 1.76. The molecule has 0 unspecified atom stereocenters. The van der Waals surface area contributed by atoms with Gasteiger partial charge in [-0.1, -0.05) is 11.6 Å². The number of hydrogen-bond donors (Lipinski definition) is 1. The average molecular weight is 240 g/mol. The van der Waals surface area contributed by atoms with Gasteiger partial charge in [-0.05, 0) is 6.92 Å². The van der Waals surface area contributed by atoms with Crippen LogP contribution in [0.2, 0.25) is 5.02 Å². The maximum Gasteiger partial charge on any atom is 0.289 e. The lowest BCUT2D eigenvalue weighted by molar-refractivity contribution is -0.385. The fraction of sp³-hybridized carbons (Fsp3) is 0.300. The molecule has 0 aliphatic rings. The van der Waals surface area contributed by atoms with Gasteiger partial charge in [0.25, 0.3) is 5.69 Å². The zero-order valence-electron chi connectivity index (χ0n) is 8.66. The zero-order chi connectivity index (χ0) is 12.0. The molecule has 0 amide bonds. The third-order valence-corrected chi connectivity index (χ3v) is 2.04. The van der Waals surface area contributed by atoms with Gasteiger partial charge in [-0.3, -0.25) is 10.1 Å². The van der Waals surface area contributed by atoms with Gasteiger partial charge in [0, 0.05) is 19.0 Å². The largest absolute Gasteiger partial charge is 0.368 e. The Labute approximate surface area is 98.0 Å². The van der Waals surface area contributed by atoms with Crippen molar-refractivity contribution < 1.29 is 4.92 Å². The van der Waals surface area contributed by atoms with Gasteiger partial charge in [0.05, 0.1) is 9.95 Å². The van der Waals surface area contributed by atoms with Gasteiger partial charge in [-0.15, -0.1) is 11.8 Å². The van der Waals surface area contributed by atoms with Crippen molar-refractivity contribution in [3.63, 3.8) is 0 Å². The summed E-state index contributed by atoms with van der Waals surface area (Å²) in [6, 6.07) is 1.27. The van der Waals surface area contributed by atoms with Gasteiger partial charge in [0.15, 0.2) is 0 Å². The molecule has 84 valence electrons. The number of pyridine rings is 1. The molecule has 0 bridgehead atoms. The number of halogens is 1. The molecular formula is C10H10ClN3O2. The summed E-state index contributed by atoms with van der Waals surface area (Å²) in [6.45, 7) is 2.36. The number of nitrogens with one attached hydrogen (secondary N) is 1. The summed E-state index contributed by atoms with van der Waals surface area (Å²) < 4.78 is 0. The summed E-state index contributed by atoms with van der Waals surface area (Å²) in [5.41, 5.74) is -0.121. The molecule has 0 atom stereocenters. The van der Waals surface area contributed by atoms with Gasteiger partial charge in [-0.25, -0.2) is 4.98 Å². The minimum Gasteiger partial charge on any atom is -0.368 e. The topological polar surface area (TPSA) is 68.1 Å². The van der Waals surface area contributed by atoms with Crippen molar-refractivity contribution in [2.45, 2.75) is 13.3 Å². The van der Waals surface area contributed by atoms with Crippen LogP contribution in [-0.4, -0.2) is 16.5 Å². The van der Waals surface area contributed by atoms with Crippen LogP contribution in [0.5, 0.6) is 0 Å². The molecule has 0 spiro atoms. The van der Waals surface area contributed by atoms with Gasteiger partial charge in [0.2, 0.25) is 0 Å². The van der Waals surface area contributed by atoms with Crippen LogP contribution in [0.3, 0.4) is 0 Å². The Kier molecular flexibility index (Phi) is 4.55. The van der Waals surface area contributed by atoms with Gasteiger partial charge in [0.1, 0.15) is 12.0 Å². The van der Waals surface area contributed by atoms with E-state index in [1.807, 2.05) is 0 Å². The Morgan fingerprint density at radius 3 is 3.00 bits per heavy atom. The van der Waals surface area contributed by atoms with E-state index in [0.717, 1.165) is 0 Å². The summed E-state index contributed by atoms with van der Waals surface area (Å²) >= 11 is 5.82. The lowest BCUT2D eigenvalue weighted by Gasteiger charge is -2.04. The smallest absolute Gasteiger partial charge is 0.289 e. The van der Waals surface area contributed by atoms with Crippen LogP contribution in [0.25, 0.3) is 0 Å².